The summed E-state index contributed by atoms with van der Waals surface area (Å²) in [7, 11) is -3.63. The Bertz CT molecular complexity index is 747. The molecule has 1 aromatic rings. The monoisotopic (exact) mass is 444 g/mol. The maximum absolute atomic E-state index is 12.9. The lowest BCUT2D eigenvalue weighted by Gasteiger charge is -2.33. The van der Waals surface area contributed by atoms with E-state index in [4.69, 9.17) is 0 Å². The van der Waals surface area contributed by atoms with E-state index in [9.17, 15) is 18.3 Å². The summed E-state index contributed by atoms with van der Waals surface area (Å²) in [6, 6.07) is 6.84. The number of nitrogens with one attached hydrogen (secondary N) is 1. The number of amides is 1. The summed E-state index contributed by atoms with van der Waals surface area (Å²) in [5.74, 6) is -0.397. The van der Waals surface area contributed by atoms with Gasteiger partial charge in [0.15, 0.2) is 0 Å². The van der Waals surface area contributed by atoms with Crippen molar-refractivity contribution in [3.05, 3.63) is 28.7 Å². The summed E-state index contributed by atoms with van der Waals surface area (Å²) < 4.78 is 27.8. The van der Waals surface area contributed by atoms with Crippen LogP contribution in [0.25, 0.3) is 0 Å². The predicted molar refractivity (Wildman–Crippen MR) is 102 cm³/mol. The fraction of sp³-hybridized carbons (Fsp3) is 0.611. The number of hydrogen-bond acceptors (Lipinski definition) is 4. The van der Waals surface area contributed by atoms with Gasteiger partial charge in [0.1, 0.15) is 0 Å². The van der Waals surface area contributed by atoms with E-state index in [-0.39, 0.29) is 35.4 Å². The van der Waals surface area contributed by atoms with Crippen LogP contribution in [0, 0.1) is 5.92 Å². The Hall–Kier alpha value is -0.960. The first-order chi connectivity index (χ1) is 12.4. The number of halogens is 1. The molecule has 144 valence electrons. The SMILES string of the molecule is O=C(NC1CCC(O)CC1)C1CCCN(S(=O)(=O)c2ccccc2Br)C1. The fourth-order valence-electron chi connectivity index (χ4n) is 3.71. The van der Waals surface area contributed by atoms with Crippen LogP contribution in [0.1, 0.15) is 38.5 Å². The van der Waals surface area contributed by atoms with Crippen molar-refractivity contribution >= 4 is 31.9 Å². The molecule has 0 radical (unpaired) electrons. The van der Waals surface area contributed by atoms with Gasteiger partial charge in [0, 0.05) is 23.6 Å². The highest BCUT2D eigenvalue weighted by molar-refractivity contribution is 9.10. The highest BCUT2D eigenvalue weighted by Crippen LogP contribution is 2.28. The van der Waals surface area contributed by atoms with Gasteiger partial charge in [-0.1, -0.05) is 12.1 Å². The zero-order chi connectivity index (χ0) is 18.7. The summed E-state index contributed by atoms with van der Waals surface area (Å²) in [5, 5.41) is 12.6. The highest BCUT2D eigenvalue weighted by Gasteiger charge is 2.35. The number of rotatable bonds is 4. The van der Waals surface area contributed by atoms with Crippen molar-refractivity contribution in [3.63, 3.8) is 0 Å². The van der Waals surface area contributed by atoms with E-state index in [1.54, 1.807) is 24.3 Å². The van der Waals surface area contributed by atoms with Crippen molar-refractivity contribution in [1.29, 1.82) is 0 Å². The van der Waals surface area contributed by atoms with Gasteiger partial charge in [-0.15, -0.1) is 0 Å². The molecule has 1 atom stereocenters. The number of hydrogen-bond donors (Lipinski definition) is 2. The first-order valence-electron chi connectivity index (χ1n) is 9.11. The molecular formula is C18H25BrN2O4S. The molecule has 26 heavy (non-hydrogen) atoms. The molecule has 1 amide bonds. The molecule has 0 bridgehead atoms. The molecule has 3 rings (SSSR count). The second kappa shape index (κ2) is 8.37. The van der Waals surface area contributed by atoms with Gasteiger partial charge < -0.3 is 10.4 Å². The minimum absolute atomic E-state index is 0.0709. The zero-order valence-corrected chi connectivity index (χ0v) is 17.0. The molecule has 6 nitrogen and oxygen atoms in total. The number of aliphatic hydroxyl groups is 1. The van der Waals surface area contributed by atoms with Crippen LogP contribution in [-0.4, -0.2) is 49.0 Å². The van der Waals surface area contributed by atoms with Crippen molar-refractivity contribution in [2.45, 2.75) is 55.6 Å². The Morgan fingerprint density at radius 2 is 1.85 bits per heavy atom. The van der Waals surface area contributed by atoms with Gasteiger partial charge in [-0.2, -0.15) is 4.31 Å². The molecule has 1 aromatic carbocycles. The highest BCUT2D eigenvalue weighted by atomic mass is 79.9. The van der Waals surface area contributed by atoms with Gasteiger partial charge in [0.2, 0.25) is 15.9 Å². The van der Waals surface area contributed by atoms with E-state index >= 15 is 0 Å². The third-order valence-electron chi connectivity index (χ3n) is 5.25. The molecule has 2 fully saturated rings. The lowest BCUT2D eigenvalue weighted by Crippen LogP contribution is -2.48. The van der Waals surface area contributed by atoms with E-state index in [2.05, 4.69) is 21.2 Å². The molecule has 2 aliphatic rings. The van der Waals surface area contributed by atoms with Crippen LogP contribution in [0.4, 0.5) is 0 Å². The second-order valence-corrected chi connectivity index (χ2v) is 9.91. The Morgan fingerprint density at radius 3 is 2.54 bits per heavy atom. The number of carbonyl (C=O) groups is 1. The van der Waals surface area contributed by atoms with E-state index in [1.165, 1.54) is 4.31 Å². The predicted octanol–water partition coefficient (Wildman–Crippen LogP) is 2.27. The van der Waals surface area contributed by atoms with Crippen LogP contribution < -0.4 is 5.32 Å². The molecule has 1 heterocycles. The minimum atomic E-state index is -3.63. The third-order valence-corrected chi connectivity index (χ3v) is 8.13. The van der Waals surface area contributed by atoms with Crippen molar-refractivity contribution in [1.82, 2.24) is 9.62 Å². The molecule has 0 spiro atoms. The molecule has 1 aliphatic heterocycles. The molecule has 1 unspecified atom stereocenters. The van der Waals surface area contributed by atoms with Crippen LogP contribution in [0.3, 0.4) is 0 Å². The van der Waals surface area contributed by atoms with Crippen LogP contribution in [0.15, 0.2) is 33.6 Å². The largest absolute Gasteiger partial charge is 0.393 e. The van der Waals surface area contributed by atoms with Crippen molar-refractivity contribution in [2.24, 2.45) is 5.92 Å². The summed E-state index contributed by atoms with van der Waals surface area (Å²) in [6.07, 6.45) is 4.07. The molecule has 1 saturated carbocycles. The first kappa shape index (κ1) is 19.8. The average molecular weight is 445 g/mol. The van der Waals surface area contributed by atoms with Crippen molar-refractivity contribution < 1.29 is 18.3 Å². The molecule has 8 heteroatoms. The summed E-state index contributed by atoms with van der Waals surface area (Å²) >= 11 is 3.31. The average Bonchev–Trinajstić information content (AvgIpc) is 2.64. The molecule has 0 aromatic heterocycles. The molecule has 1 saturated heterocycles. The Balaban J connectivity index is 1.65. The quantitative estimate of drug-likeness (QED) is 0.745. The van der Waals surface area contributed by atoms with E-state index in [0.29, 0.717) is 36.7 Å². The number of benzene rings is 1. The number of aliphatic hydroxyl groups excluding tert-OH is 1. The normalized spacial score (nSPS) is 27.8. The lowest BCUT2D eigenvalue weighted by atomic mass is 9.92. The topological polar surface area (TPSA) is 86.7 Å². The summed E-state index contributed by atoms with van der Waals surface area (Å²) in [5.41, 5.74) is 0. The summed E-state index contributed by atoms with van der Waals surface area (Å²) in [6.45, 7) is 0.647. The number of nitrogens with zero attached hydrogens (tertiary/aromatic N) is 1. The molecular weight excluding hydrogens is 420 g/mol. The number of piperidine rings is 1. The van der Waals surface area contributed by atoms with Gasteiger partial charge in [-0.05, 0) is 66.6 Å². The standard InChI is InChI=1S/C18H25BrN2O4S/c19-16-5-1-2-6-17(16)26(24,25)21-11-3-4-13(12-21)18(23)20-14-7-9-15(22)10-8-14/h1-2,5-6,13-15,22H,3-4,7-12H2,(H,20,23). The fourth-order valence-corrected chi connectivity index (χ4v) is 6.19. The maximum Gasteiger partial charge on any atom is 0.244 e. The number of carbonyl (C=O) groups excluding carboxylic acids is 1. The minimum Gasteiger partial charge on any atom is -0.393 e. The van der Waals surface area contributed by atoms with Gasteiger partial charge in [0.25, 0.3) is 0 Å². The Kier molecular flexibility index (Phi) is 6.37. The van der Waals surface area contributed by atoms with Crippen molar-refractivity contribution in [3.8, 4) is 0 Å². The molecule has 2 N–H and O–H groups in total. The lowest BCUT2D eigenvalue weighted by molar-refractivity contribution is -0.127. The van der Waals surface area contributed by atoms with Gasteiger partial charge in [-0.25, -0.2) is 8.42 Å². The van der Waals surface area contributed by atoms with Gasteiger partial charge in [-0.3, -0.25) is 4.79 Å². The van der Waals surface area contributed by atoms with E-state index in [1.807, 2.05) is 0 Å². The summed E-state index contributed by atoms with van der Waals surface area (Å²) in [4.78, 5) is 12.9. The van der Waals surface area contributed by atoms with Crippen LogP contribution in [0.5, 0.6) is 0 Å². The van der Waals surface area contributed by atoms with Gasteiger partial charge in [0.05, 0.1) is 16.9 Å². The first-order valence-corrected chi connectivity index (χ1v) is 11.3. The smallest absolute Gasteiger partial charge is 0.244 e. The number of sulfonamides is 1. The Labute approximate surface area is 163 Å². The Morgan fingerprint density at radius 1 is 1.15 bits per heavy atom. The van der Waals surface area contributed by atoms with Crippen LogP contribution in [-0.2, 0) is 14.8 Å². The van der Waals surface area contributed by atoms with E-state index < -0.39 is 10.0 Å². The van der Waals surface area contributed by atoms with Crippen LogP contribution >= 0.6 is 15.9 Å². The van der Waals surface area contributed by atoms with Gasteiger partial charge >= 0.3 is 0 Å². The van der Waals surface area contributed by atoms with E-state index in [0.717, 1.165) is 12.8 Å². The van der Waals surface area contributed by atoms with Crippen molar-refractivity contribution in [2.75, 3.05) is 13.1 Å². The second-order valence-electron chi connectivity index (χ2n) is 7.15. The third kappa shape index (κ3) is 4.47. The molecule has 1 aliphatic carbocycles. The zero-order valence-electron chi connectivity index (χ0n) is 14.6. The van der Waals surface area contributed by atoms with Crippen LogP contribution in [0.2, 0.25) is 0 Å². The maximum atomic E-state index is 12.9.